The van der Waals surface area contributed by atoms with E-state index < -0.39 is 21.2 Å². The first-order valence-corrected chi connectivity index (χ1v) is 12.9. The molecular formula is C22H23Br2ClN8O6. The van der Waals surface area contributed by atoms with Gasteiger partial charge in [0.1, 0.15) is 5.75 Å². The second-order valence-corrected chi connectivity index (χ2v) is 10.5. The Morgan fingerprint density at radius 2 is 1.69 bits per heavy atom. The van der Waals surface area contributed by atoms with Crippen LogP contribution in [-0.4, -0.2) is 48.2 Å². The highest BCUT2D eigenvalue weighted by Crippen LogP contribution is 2.33. The molecule has 0 saturated carbocycles. The normalized spacial score (nSPS) is 10.9. The minimum atomic E-state index is -0.800. The maximum absolute atomic E-state index is 11.0. The standard InChI is InChI=1S/C13H7Br2N3O6.C9H16ClN5/c14-9-3-7(4-10(15)13(9)19)6-16-24-12-2-1-8(17(20)21)5-11(12)18(22)23;1-5-11-7-12-6(10)13-8(14-7)15-9(2,3)4/h1-6,19H;5H2,1-4H3,(H2,11,12,13,14,15)/b16-6-;. The highest BCUT2D eigenvalue weighted by molar-refractivity contribution is 9.11. The van der Waals surface area contributed by atoms with Crippen LogP contribution in [0, 0.1) is 20.2 Å². The summed E-state index contributed by atoms with van der Waals surface area (Å²) >= 11 is 12.1. The SMILES string of the molecule is CCNc1nc(Cl)nc(NC(C)(C)C)n1.O=[N+]([O-])c1ccc(O/N=C\c2cc(Br)c(O)c(Br)c2)c([N+](=O)[O-])c1. The number of benzene rings is 2. The van der Waals surface area contributed by atoms with Gasteiger partial charge in [-0.1, -0.05) is 5.16 Å². The van der Waals surface area contributed by atoms with E-state index in [1.54, 1.807) is 12.1 Å². The summed E-state index contributed by atoms with van der Waals surface area (Å²) in [5.74, 6) is 0.750. The van der Waals surface area contributed by atoms with Gasteiger partial charge in [-0.15, -0.1) is 0 Å². The Kier molecular flexibility index (Phi) is 11.3. The molecule has 0 aliphatic carbocycles. The van der Waals surface area contributed by atoms with Crippen molar-refractivity contribution in [3.05, 3.63) is 70.4 Å². The van der Waals surface area contributed by atoms with E-state index in [1.807, 2.05) is 27.7 Å². The molecule has 0 aliphatic rings. The van der Waals surface area contributed by atoms with Crippen LogP contribution in [-0.2, 0) is 0 Å². The molecule has 208 valence electrons. The van der Waals surface area contributed by atoms with Gasteiger partial charge in [-0.25, -0.2) is 0 Å². The van der Waals surface area contributed by atoms with Gasteiger partial charge in [-0.2, -0.15) is 15.0 Å². The number of nitrogens with zero attached hydrogens (tertiary/aromatic N) is 6. The molecule has 0 spiro atoms. The molecule has 3 rings (SSSR count). The van der Waals surface area contributed by atoms with E-state index in [2.05, 4.69) is 62.6 Å². The molecular weight excluding hydrogens is 668 g/mol. The summed E-state index contributed by atoms with van der Waals surface area (Å²) in [6, 6.07) is 6.06. The Morgan fingerprint density at radius 3 is 2.23 bits per heavy atom. The predicted molar refractivity (Wildman–Crippen MR) is 154 cm³/mol. The van der Waals surface area contributed by atoms with E-state index in [0.717, 1.165) is 24.7 Å². The Hall–Kier alpha value is -3.63. The molecule has 0 aliphatic heterocycles. The van der Waals surface area contributed by atoms with Gasteiger partial charge in [-0.05, 0) is 94.9 Å². The van der Waals surface area contributed by atoms with Crippen LogP contribution in [0.1, 0.15) is 33.3 Å². The number of non-ortho nitro benzene ring substituents is 1. The quantitative estimate of drug-likeness (QED) is 0.136. The van der Waals surface area contributed by atoms with Crippen molar-refractivity contribution in [3.63, 3.8) is 0 Å². The number of nitro benzene ring substituents is 2. The number of rotatable bonds is 8. The second kappa shape index (κ2) is 14.0. The van der Waals surface area contributed by atoms with E-state index >= 15 is 0 Å². The van der Waals surface area contributed by atoms with Crippen molar-refractivity contribution in [2.45, 2.75) is 33.2 Å². The molecule has 0 radical (unpaired) electrons. The maximum Gasteiger partial charge on any atom is 0.321 e. The largest absolute Gasteiger partial charge is 0.506 e. The van der Waals surface area contributed by atoms with Gasteiger partial charge in [0.05, 0.1) is 31.1 Å². The number of anilines is 2. The van der Waals surface area contributed by atoms with Gasteiger partial charge < -0.3 is 20.6 Å². The van der Waals surface area contributed by atoms with Crippen molar-refractivity contribution < 1.29 is 19.8 Å². The molecule has 0 fully saturated rings. The molecule has 39 heavy (non-hydrogen) atoms. The zero-order valence-electron chi connectivity index (χ0n) is 21.0. The highest BCUT2D eigenvalue weighted by atomic mass is 79.9. The van der Waals surface area contributed by atoms with Crippen LogP contribution in [0.5, 0.6) is 11.5 Å². The summed E-state index contributed by atoms with van der Waals surface area (Å²) in [4.78, 5) is 37.2. The fourth-order valence-corrected chi connectivity index (χ4v) is 4.00. The van der Waals surface area contributed by atoms with Crippen LogP contribution in [0.3, 0.4) is 0 Å². The third-order valence-electron chi connectivity index (χ3n) is 4.17. The van der Waals surface area contributed by atoms with Crippen molar-refractivity contribution in [2.24, 2.45) is 5.16 Å². The molecule has 0 bridgehead atoms. The summed E-state index contributed by atoms with van der Waals surface area (Å²) in [5, 5.41) is 41.2. The topological polar surface area (TPSA) is 191 Å². The molecule has 0 atom stereocenters. The molecule has 17 heteroatoms. The third kappa shape index (κ3) is 10.2. The van der Waals surface area contributed by atoms with Gasteiger partial charge in [0, 0.05) is 18.2 Å². The number of phenols is 1. The van der Waals surface area contributed by atoms with E-state index in [4.69, 9.17) is 16.4 Å². The number of hydrogen-bond acceptors (Lipinski definition) is 12. The minimum Gasteiger partial charge on any atom is -0.506 e. The van der Waals surface area contributed by atoms with E-state index in [-0.39, 0.29) is 22.3 Å². The van der Waals surface area contributed by atoms with Crippen molar-refractivity contribution >= 4 is 72.9 Å². The van der Waals surface area contributed by atoms with Crippen LogP contribution >= 0.6 is 43.5 Å². The molecule has 1 heterocycles. The van der Waals surface area contributed by atoms with Crippen molar-refractivity contribution in [1.29, 1.82) is 0 Å². The van der Waals surface area contributed by atoms with Crippen molar-refractivity contribution in [3.8, 4) is 11.5 Å². The Morgan fingerprint density at radius 1 is 1.08 bits per heavy atom. The summed E-state index contributed by atoms with van der Waals surface area (Å²) in [6.45, 7) is 8.79. The average molecular weight is 691 g/mol. The van der Waals surface area contributed by atoms with Gasteiger partial charge in [0.25, 0.3) is 5.69 Å². The van der Waals surface area contributed by atoms with Gasteiger partial charge in [-0.3, -0.25) is 20.2 Å². The highest BCUT2D eigenvalue weighted by Gasteiger charge is 2.21. The number of nitrogens with one attached hydrogen (secondary N) is 2. The lowest BCUT2D eigenvalue weighted by molar-refractivity contribution is -0.394. The summed E-state index contributed by atoms with van der Waals surface area (Å²) < 4.78 is 0.833. The monoisotopic (exact) mass is 688 g/mol. The number of nitro groups is 2. The van der Waals surface area contributed by atoms with Crippen LogP contribution in [0.4, 0.5) is 23.3 Å². The fourth-order valence-electron chi connectivity index (χ4n) is 2.62. The number of oxime groups is 1. The van der Waals surface area contributed by atoms with E-state index in [9.17, 15) is 25.3 Å². The Bertz CT molecular complexity index is 1360. The van der Waals surface area contributed by atoms with Crippen LogP contribution in [0.25, 0.3) is 0 Å². The third-order valence-corrected chi connectivity index (χ3v) is 5.55. The van der Waals surface area contributed by atoms with Crippen molar-refractivity contribution in [1.82, 2.24) is 15.0 Å². The van der Waals surface area contributed by atoms with Gasteiger partial charge >= 0.3 is 5.69 Å². The first-order chi connectivity index (χ1) is 18.2. The van der Waals surface area contributed by atoms with Crippen LogP contribution < -0.4 is 15.5 Å². The number of aromatic hydroxyl groups is 1. The molecule has 2 aromatic carbocycles. The second-order valence-electron chi connectivity index (χ2n) is 8.48. The molecule has 0 unspecified atom stereocenters. The summed E-state index contributed by atoms with van der Waals surface area (Å²) in [5.41, 5.74) is -0.566. The molecule has 3 aromatic rings. The zero-order valence-corrected chi connectivity index (χ0v) is 24.9. The van der Waals surface area contributed by atoms with Gasteiger partial charge in [0.2, 0.25) is 22.9 Å². The molecule has 0 saturated heterocycles. The van der Waals surface area contributed by atoms with Crippen LogP contribution in [0.2, 0.25) is 5.28 Å². The first-order valence-electron chi connectivity index (χ1n) is 10.9. The predicted octanol–water partition coefficient (Wildman–Crippen LogP) is 6.31. The Balaban J connectivity index is 0.000000306. The first kappa shape index (κ1) is 31.6. The lowest BCUT2D eigenvalue weighted by Crippen LogP contribution is -2.27. The van der Waals surface area contributed by atoms with Gasteiger partial charge in [0.15, 0.2) is 0 Å². The molecule has 1 aromatic heterocycles. The Labute approximate surface area is 244 Å². The maximum atomic E-state index is 11.0. The zero-order chi connectivity index (χ0) is 29.3. The number of phenolic OH excluding ortho intramolecular Hbond substituents is 1. The average Bonchev–Trinajstić information content (AvgIpc) is 2.81. The van der Waals surface area contributed by atoms with E-state index in [0.29, 0.717) is 26.4 Å². The smallest absolute Gasteiger partial charge is 0.321 e. The van der Waals surface area contributed by atoms with E-state index in [1.165, 1.54) is 6.21 Å². The number of hydrogen-bond donors (Lipinski definition) is 3. The van der Waals surface area contributed by atoms with Crippen molar-refractivity contribution in [2.75, 3.05) is 17.2 Å². The molecule has 3 N–H and O–H groups in total. The fraction of sp³-hybridized carbons (Fsp3) is 0.273. The molecule has 14 nitrogen and oxygen atoms in total. The van der Waals surface area contributed by atoms with Crippen LogP contribution in [0.15, 0.2) is 44.4 Å². The summed E-state index contributed by atoms with van der Waals surface area (Å²) in [6.07, 6.45) is 1.26. The minimum absolute atomic E-state index is 0.0130. The molecule has 0 amide bonds. The number of halogens is 3. The summed E-state index contributed by atoms with van der Waals surface area (Å²) in [7, 11) is 0. The number of aromatic nitrogens is 3. The lowest BCUT2D eigenvalue weighted by Gasteiger charge is -2.20. The lowest BCUT2D eigenvalue weighted by atomic mass is 10.1.